The Morgan fingerprint density at radius 3 is 2.73 bits per heavy atom. The third-order valence-electron chi connectivity index (χ3n) is 5.85. The average molecular weight is 471 g/mol. The molecule has 0 N–H and O–H groups in total. The molecule has 1 spiro atoms. The van der Waals surface area contributed by atoms with Crippen molar-refractivity contribution >= 4 is 45.7 Å². The van der Waals surface area contributed by atoms with Gasteiger partial charge in [-0.05, 0) is 44.4 Å². The van der Waals surface area contributed by atoms with E-state index in [1.165, 1.54) is 11.8 Å². The van der Waals surface area contributed by atoms with Gasteiger partial charge in [-0.25, -0.2) is 4.99 Å². The van der Waals surface area contributed by atoms with E-state index in [4.69, 9.17) is 32.9 Å². The molecule has 30 heavy (non-hydrogen) atoms. The van der Waals surface area contributed by atoms with Gasteiger partial charge in [-0.3, -0.25) is 4.99 Å². The third-order valence-corrected chi connectivity index (χ3v) is 8.04. The Morgan fingerprint density at radius 1 is 1.33 bits per heavy atom. The molecule has 2 aliphatic heterocycles. The van der Waals surface area contributed by atoms with E-state index in [2.05, 4.69) is 21.1 Å². The van der Waals surface area contributed by atoms with Crippen LogP contribution in [0.15, 0.2) is 48.1 Å². The molecule has 2 fully saturated rings. The molecule has 0 aromatic rings. The first-order chi connectivity index (χ1) is 14.5. The minimum atomic E-state index is 0.00911. The summed E-state index contributed by atoms with van der Waals surface area (Å²) in [5.74, 6) is 0. The Bertz CT molecular complexity index is 804. The number of hydrogen-bond acceptors (Lipinski definition) is 7. The minimum absolute atomic E-state index is 0.00911. The molecule has 0 saturated carbocycles. The zero-order valence-corrected chi connectivity index (χ0v) is 19.8. The van der Waals surface area contributed by atoms with E-state index in [-0.39, 0.29) is 6.54 Å². The molecule has 2 heterocycles. The van der Waals surface area contributed by atoms with Crippen LogP contribution in [0.25, 0.3) is 0 Å². The average Bonchev–Trinajstić information content (AvgIpc) is 3.20. The zero-order chi connectivity index (χ0) is 21.6. The van der Waals surface area contributed by atoms with E-state index in [0.717, 1.165) is 69.0 Å². The SMILES string of the molecule is CN=C(C)C(=N/C(=C/N1CCC2(CCOC2)CC1)CN=O)SC1=CCCC(Cl)=C1Cl. The first-order valence-electron chi connectivity index (χ1n) is 10.2. The second kappa shape index (κ2) is 10.9. The summed E-state index contributed by atoms with van der Waals surface area (Å²) in [4.78, 5) is 23.2. The molecule has 3 rings (SSSR count). The van der Waals surface area contributed by atoms with E-state index in [9.17, 15) is 4.91 Å². The lowest BCUT2D eigenvalue weighted by Crippen LogP contribution is -2.38. The second-order valence-corrected chi connectivity index (χ2v) is 9.77. The molecular weight excluding hydrogens is 443 g/mol. The van der Waals surface area contributed by atoms with Gasteiger partial charge in [0.15, 0.2) is 0 Å². The van der Waals surface area contributed by atoms with Gasteiger partial charge in [-0.2, -0.15) is 4.91 Å². The molecule has 164 valence electrons. The van der Waals surface area contributed by atoms with Crippen molar-refractivity contribution < 1.29 is 4.74 Å². The Kier molecular flexibility index (Phi) is 8.57. The molecule has 9 heteroatoms. The van der Waals surface area contributed by atoms with Crippen LogP contribution in [0, 0.1) is 10.3 Å². The highest BCUT2D eigenvalue weighted by atomic mass is 35.5. The Balaban J connectivity index is 1.78. The summed E-state index contributed by atoms with van der Waals surface area (Å²) < 4.78 is 5.62. The Hall–Kier alpha value is -1.15. The van der Waals surface area contributed by atoms with E-state index < -0.39 is 0 Å². The lowest BCUT2D eigenvalue weighted by molar-refractivity contribution is 0.0990. The lowest BCUT2D eigenvalue weighted by atomic mass is 9.78. The molecule has 0 atom stereocenters. The molecule has 0 aromatic carbocycles. The number of nitrogens with zero attached hydrogens (tertiary/aromatic N) is 4. The van der Waals surface area contributed by atoms with Gasteiger partial charge < -0.3 is 9.64 Å². The van der Waals surface area contributed by atoms with Gasteiger partial charge in [0.1, 0.15) is 11.6 Å². The predicted octanol–water partition coefficient (Wildman–Crippen LogP) is 5.69. The van der Waals surface area contributed by atoms with Crippen molar-refractivity contribution in [1.29, 1.82) is 0 Å². The van der Waals surface area contributed by atoms with Gasteiger partial charge >= 0.3 is 0 Å². The van der Waals surface area contributed by atoms with E-state index in [0.29, 0.717) is 26.2 Å². The third kappa shape index (κ3) is 5.96. The largest absolute Gasteiger partial charge is 0.381 e. The number of rotatable bonds is 6. The molecule has 0 amide bonds. The number of ether oxygens (including phenoxy) is 1. The Morgan fingerprint density at radius 2 is 2.10 bits per heavy atom. The second-order valence-electron chi connectivity index (χ2n) is 7.90. The fourth-order valence-electron chi connectivity index (χ4n) is 3.81. The van der Waals surface area contributed by atoms with E-state index in [1.807, 2.05) is 13.1 Å². The van der Waals surface area contributed by atoms with Crippen molar-refractivity contribution in [1.82, 2.24) is 4.90 Å². The number of allylic oxidation sites excluding steroid dienone is 3. The summed E-state index contributed by atoms with van der Waals surface area (Å²) in [6.07, 6.45) is 8.95. The van der Waals surface area contributed by atoms with Crippen LogP contribution in [0.5, 0.6) is 0 Å². The Labute approximate surface area is 192 Å². The predicted molar refractivity (Wildman–Crippen MR) is 128 cm³/mol. The molecule has 6 nitrogen and oxygen atoms in total. The van der Waals surface area contributed by atoms with Crippen LogP contribution in [-0.2, 0) is 4.74 Å². The number of halogens is 2. The van der Waals surface area contributed by atoms with Crippen LogP contribution >= 0.6 is 35.0 Å². The highest BCUT2D eigenvalue weighted by Crippen LogP contribution is 2.40. The number of nitroso groups, excluding NO2 is 1. The van der Waals surface area contributed by atoms with Crippen molar-refractivity contribution in [2.24, 2.45) is 20.6 Å². The summed E-state index contributed by atoms with van der Waals surface area (Å²) in [5.41, 5.74) is 1.72. The van der Waals surface area contributed by atoms with Crippen molar-refractivity contribution in [3.05, 3.63) is 37.8 Å². The number of piperidine rings is 1. The summed E-state index contributed by atoms with van der Waals surface area (Å²) in [5, 5.41) is 5.01. The van der Waals surface area contributed by atoms with Crippen LogP contribution < -0.4 is 0 Å². The molecule has 1 aliphatic carbocycles. The van der Waals surface area contributed by atoms with Gasteiger partial charge in [0.25, 0.3) is 0 Å². The summed E-state index contributed by atoms with van der Waals surface area (Å²) in [7, 11) is 1.72. The number of thioether (sulfide) groups is 1. The normalized spacial score (nSPS) is 23.3. The van der Waals surface area contributed by atoms with Crippen LogP contribution in [0.2, 0.25) is 0 Å². The maximum absolute atomic E-state index is 11.1. The van der Waals surface area contributed by atoms with Crippen molar-refractivity contribution in [3.8, 4) is 0 Å². The zero-order valence-electron chi connectivity index (χ0n) is 17.5. The lowest BCUT2D eigenvalue weighted by Gasteiger charge is -2.38. The van der Waals surface area contributed by atoms with Crippen LogP contribution in [0.1, 0.15) is 39.0 Å². The first kappa shape index (κ1) is 23.5. The van der Waals surface area contributed by atoms with Gasteiger partial charge in [0.05, 0.1) is 23.0 Å². The first-order valence-corrected chi connectivity index (χ1v) is 11.8. The molecule has 3 aliphatic rings. The minimum Gasteiger partial charge on any atom is -0.381 e. The van der Waals surface area contributed by atoms with Crippen LogP contribution in [0.3, 0.4) is 0 Å². The van der Waals surface area contributed by atoms with Crippen molar-refractivity contribution in [2.75, 3.05) is 39.9 Å². The fourth-order valence-corrected chi connectivity index (χ4v) is 5.39. The van der Waals surface area contributed by atoms with Gasteiger partial charge in [-0.1, -0.05) is 46.2 Å². The van der Waals surface area contributed by atoms with Crippen molar-refractivity contribution in [2.45, 2.75) is 39.0 Å². The summed E-state index contributed by atoms with van der Waals surface area (Å²) in [6, 6.07) is 0. The molecule has 0 unspecified atom stereocenters. The molecule has 0 aromatic heterocycles. The van der Waals surface area contributed by atoms with Gasteiger partial charge in [0, 0.05) is 42.9 Å². The number of aliphatic imine (C=N–C) groups is 2. The van der Waals surface area contributed by atoms with Gasteiger partial charge in [-0.15, -0.1) is 0 Å². The quantitative estimate of drug-likeness (QED) is 0.284. The monoisotopic (exact) mass is 470 g/mol. The smallest absolute Gasteiger partial charge is 0.125 e. The van der Waals surface area contributed by atoms with Crippen LogP contribution in [-0.4, -0.2) is 55.6 Å². The van der Waals surface area contributed by atoms with E-state index in [1.54, 1.807) is 7.05 Å². The standard InChI is InChI=1S/C21H28Cl2N4O2S/c1-15(24-2)20(30-18-5-3-4-17(22)19(18)23)26-16(12-25-28)13-27-9-6-21(7-10-27)8-11-29-14-21/h5,13H,3-4,6-12,14H2,1-2H3/b16-13+,24-15?,26-20?. The highest BCUT2D eigenvalue weighted by molar-refractivity contribution is 8.19. The molecule has 0 radical (unpaired) electrons. The summed E-state index contributed by atoms with van der Waals surface area (Å²) >= 11 is 14.1. The number of likely N-dealkylation sites (tertiary alicyclic amines) is 1. The van der Waals surface area contributed by atoms with Crippen LogP contribution in [0.4, 0.5) is 0 Å². The molecule has 2 saturated heterocycles. The number of hydrogen-bond donors (Lipinski definition) is 0. The van der Waals surface area contributed by atoms with E-state index >= 15 is 0 Å². The maximum atomic E-state index is 11.1. The highest BCUT2D eigenvalue weighted by Gasteiger charge is 2.37. The molecule has 0 bridgehead atoms. The summed E-state index contributed by atoms with van der Waals surface area (Å²) in [6.45, 7) is 5.50. The van der Waals surface area contributed by atoms with Crippen molar-refractivity contribution in [3.63, 3.8) is 0 Å². The van der Waals surface area contributed by atoms with Gasteiger partial charge in [0.2, 0.25) is 0 Å². The fraction of sp³-hybridized carbons (Fsp3) is 0.619. The topological polar surface area (TPSA) is 66.6 Å². The molecular formula is C21H28Cl2N4O2S. The maximum Gasteiger partial charge on any atom is 0.125 e.